The lowest BCUT2D eigenvalue weighted by atomic mass is 9.72. The Kier molecular flexibility index (Phi) is 5.65. The summed E-state index contributed by atoms with van der Waals surface area (Å²) in [5, 5.41) is 0. The number of hydrogen-bond acceptors (Lipinski definition) is 3. The van der Waals surface area contributed by atoms with Gasteiger partial charge in [0.05, 0.1) is 0 Å². The van der Waals surface area contributed by atoms with Crippen molar-refractivity contribution in [3.8, 4) is 0 Å². The third kappa shape index (κ3) is 4.44. The summed E-state index contributed by atoms with van der Waals surface area (Å²) in [6.45, 7) is 6.53. The van der Waals surface area contributed by atoms with Crippen molar-refractivity contribution in [3.63, 3.8) is 0 Å². The Labute approximate surface area is 163 Å². The number of carbonyl (C=O) groups excluding carboxylic acids is 1. The molecule has 1 aromatic rings. The maximum atomic E-state index is 12.5. The molecular formula is C23H33N3O. The maximum Gasteiger partial charge on any atom is 0.222 e. The number of nitrogens with zero attached hydrogens (tertiary/aromatic N) is 3. The Morgan fingerprint density at radius 2 is 1.89 bits per heavy atom. The summed E-state index contributed by atoms with van der Waals surface area (Å²) in [5.74, 6) is 0.397. The molecule has 0 aliphatic carbocycles. The molecule has 0 N–H and O–H groups in total. The first kappa shape index (κ1) is 18.7. The van der Waals surface area contributed by atoms with Gasteiger partial charge in [0.15, 0.2) is 0 Å². The zero-order valence-electron chi connectivity index (χ0n) is 16.6. The molecule has 27 heavy (non-hydrogen) atoms. The lowest BCUT2D eigenvalue weighted by Crippen LogP contribution is -2.54. The van der Waals surface area contributed by atoms with Crippen LogP contribution in [-0.2, 0) is 4.79 Å². The van der Waals surface area contributed by atoms with Crippen LogP contribution in [0.3, 0.4) is 0 Å². The molecule has 4 heteroatoms. The minimum Gasteiger partial charge on any atom is -0.338 e. The largest absolute Gasteiger partial charge is 0.338 e. The Balaban J connectivity index is 1.30. The summed E-state index contributed by atoms with van der Waals surface area (Å²) in [6, 6.07) is 11.0. The van der Waals surface area contributed by atoms with Crippen molar-refractivity contribution in [2.75, 3.05) is 46.3 Å². The van der Waals surface area contributed by atoms with Crippen LogP contribution in [-0.4, -0.2) is 73.0 Å². The Morgan fingerprint density at radius 1 is 1.11 bits per heavy atom. The van der Waals surface area contributed by atoms with Gasteiger partial charge >= 0.3 is 0 Å². The number of likely N-dealkylation sites (N-methyl/N-ethyl adjacent to an activating group) is 1. The van der Waals surface area contributed by atoms with Crippen LogP contribution in [0.15, 0.2) is 36.4 Å². The van der Waals surface area contributed by atoms with Crippen molar-refractivity contribution in [2.24, 2.45) is 5.41 Å². The highest BCUT2D eigenvalue weighted by Crippen LogP contribution is 2.41. The fourth-order valence-electron chi connectivity index (χ4n) is 5.06. The van der Waals surface area contributed by atoms with Gasteiger partial charge < -0.3 is 9.80 Å². The van der Waals surface area contributed by atoms with Crippen molar-refractivity contribution in [1.29, 1.82) is 0 Å². The predicted molar refractivity (Wildman–Crippen MR) is 110 cm³/mol. The molecule has 0 radical (unpaired) electrons. The second-order valence-corrected chi connectivity index (χ2v) is 8.84. The molecule has 0 saturated carbocycles. The first-order valence-electron chi connectivity index (χ1n) is 10.6. The van der Waals surface area contributed by atoms with Crippen LogP contribution >= 0.6 is 0 Å². The van der Waals surface area contributed by atoms with Crippen molar-refractivity contribution in [3.05, 3.63) is 42.0 Å². The molecule has 1 atom stereocenters. The Bertz CT molecular complexity index is 663. The summed E-state index contributed by atoms with van der Waals surface area (Å²) in [7, 11) is 2.17. The summed E-state index contributed by atoms with van der Waals surface area (Å²) >= 11 is 0. The third-order valence-corrected chi connectivity index (χ3v) is 6.89. The summed E-state index contributed by atoms with van der Waals surface area (Å²) in [6.07, 6.45) is 9.98. The highest BCUT2D eigenvalue weighted by molar-refractivity contribution is 5.77. The van der Waals surface area contributed by atoms with Gasteiger partial charge in [0.25, 0.3) is 0 Å². The van der Waals surface area contributed by atoms with Gasteiger partial charge in [0, 0.05) is 32.1 Å². The molecule has 0 bridgehead atoms. The van der Waals surface area contributed by atoms with Gasteiger partial charge in [-0.25, -0.2) is 0 Å². The van der Waals surface area contributed by atoms with E-state index in [1.807, 2.05) is 0 Å². The molecule has 1 aromatic carbocycles. The normalized spacial score (nSPS) is 27.1. The Morgan fingerprint density at radius 3 is 2.59 bits per heavy atom. The van der Waals surface area contributed by atoms with E-state index in [9.17, 15) is 4.79 Å². The van der Waals surface area contributed by atoms with E-state index in [4.69, 9.17) is 0 Å². The fourth-order valence-corrected chi connectivity index (χ4v) is 5.06. The zero-order chi connectivity index (χ0) is 18.7. The number of carbonyl (C=O) groups is 1. The van der Waals surface area contributed by atoms with Crippen LogP contribution < -0.4 is 0 Å². The van der Waals surface area contributed by atoms with Crippen molar-refractivity contribution in [2.45, 2.75) is 38.1 Å². The predicted octanol–water partition coefficient (Wildman–Crippen LogP) is 3.11. The number of rotatable bonds is 4. The molecule has 3 saturated heterocycles. The molecule has 4 rings (SSSR count). The monoisotopic (exact) mass is 367 g/mol. The van der Waals surface area contributed by atoms with E-state index in [1.54, 1.807) is 0 Å². The number of amides is 1. The van der Waals surface area contributed by atoms with Gasteiger partial charge in [-0.3, -0.25) is 9.69 Å². The average molecular weight is 368 g/mol. The minimum atomic E-state index is 0.370. The van der Waals surface area contributed by atoms with Gasteiger partial charge in [0.2, 0.25) is 5.91 Å². The van der Waals surface area contributed by atoms with Crippen molar-refractivity contribution >= 4 is 12.0 Å². The van der Waals surface area contributed by atoms with Crippen LogP contribution in [0, 0.1) is 5.41 Å². The summed E-state index contributed by atoms with van der Waals surface area (Å²) in [4.78, 5) is 19.7. The molecule has 3 heterocycles. The van der Waals surface area contributed by atoms with E-state index in [0.717, 1.165) is 58.5 Å². The van der Waals surface area contributed by atoms with Gasteiger partial charge in [0.1, 0.15) is 0 Å². The van der Waals surface area contributed by atoms with Crippen molar-refractivity contribution in [1.82, 2.24) is 14.7 Å². The third-order valence-electron chi connectivity index (χ3n) is 6.89. The van der Waals surface area contributed by atoms with Crippen LogP contribution in [0.5, 0.6) is 0 Å². The summed E-state index contributed by atoms with van der Waals surface area (Å²) < 4.78 is 0. The maximum absolute atomic E-state index is 12.5. The standard InChI is InChI=1S/C23H33N3O/c1-24-15-10-21(18-24)26-19-23(11-9-22(26)27)12-16-25(17-13-23)14-5-8-20-6-3-2-4-7-20/h2-8,21H,9-19H2,1H3/b8-5+/t21-/m1/s1. The molecule has 146 valence electrons. The first-order valence-corrected chi connectivity index (χ1v) is 10.6. The Hall–Kier alpha value is -1.65. The smallest absolute Gasteiger partial charge is 0.222 e. The lowest BCUT2D eigenvalue weighted by Gasteiger charge is -2.49. The molecule has 4 nitrogen and oxygen atoms in total. The van der Waals surface area contributed by atoms with E-state index >= 15 is 0 Å². The molecule has 3 aliphatic heterocycles. The SMILES string of the molecule is CN1CC[C@@H](N2CC3(CCC2=O)CCN(C/C=C/c2ccccc2)CC3)C1. The summed E-state index contributed by atoms with van der Waals surface area (Å²) in [5.41, 5.74) is 1.64. The van der Waals surface area contributed by atoms with Crippen LogP contribution in [0.25, 0.3) is 6.08 Å². The van der Waals surface area contributed by atoms with E-state index in [1.165, 1.54) is 18.4 Å². The fraction of sp³-hybridized carbons (Fsp3) is 0.609. The zero-order valence-corrected chi connectivity index (χ0v) is 16.6. The molecule has 3 aliphatic rings. The van der Waals surface area contributed by atoms with Crippen LogP contribution in [0.4, 0.5) is 0 Å². The topological polar surface area (TPSA) is 26.8 Å². The number of likely N-dealkylation sites (tertiary alicyclic amines) is 3. The highest BCUT2D eigenvalue weighted by Gasteiger charge is 2.43. The number of piperidine rings is 2. The lowest BCUT2D eigenvalue weighted by molar-refractivity contribution is -0.141. The average Bonchev–Trinajstić information content (AvgIpc) is 3.13. The van der Waals surface area contributed by atoms with E-state index in [-0.39, 0.29) is 0 Å². The van der Waals surface area contributed by atoms with E-state index in [2.05, 4.69) is 64.2 Å². The van der Waals surface area contributed by atoms with Gasteiger partial charge in [-0.15, -0.1) is 0 Å². The van der Waals surface area contributed by atoms with Gasteiger partial charge in [-0.2, -0.15) is 0 Å². The molecule has 0 aromatic heterocycles. The highest BCUT2D eigenvalue weighted by atomic mass is 16.2. The van der Waals surface area contributed by atoms with Gasteiger partial charge in [-0.1, -0.05) is 42.5 Å². The quantitative estimate of drug-likeness (QED) is 0.818. The van der Waals surface area contributed by atoms with Crippen molar-refractivity contribution < 1.29 is 4.79 Å². The van der Waals surface area contributed by atoms with Crippen LogP contribution in [0.2, 0.25) is 0 Å². The van der Waals surface area contributed by atoms with Gasteiger partial charge in [-0.05, 0) is 63.3 Å². The second-order valence-electron chi connectivity index (χ2n) is 8.84. The number of benzene rings is 1. The molecular weight excluding hydrogens is 334 g/mol. The molecule has 1 amide bonds. The van der Waals surface area contributed by atoms with E-state index in [0.29, 0.717) is 17.4 Å². The minimum absolute atomic E-state index is 0.370. The second kappa shape index (κ2) is 8.15. The molecule has 3 fully saturated rings. The van der Waals surface area contributed by atoms with Crippen LogP contribution in [0.1, 0.15) is 37.7 Å². The molecule has 1 spiro atoms. The van der Waals surface area contributed by atoms with E-state index < -0.39 is 0 Å². The molecule has 0 unspecified atom stereocenters. The first-order chi connectivity index (χ1) is 13.1. The number of hydrogen-bond donors (Lipinski definition) is 0.